The van der Waals surface area contributed by atoms with Gasteiger partial charge in [0.1, 0.15) is 12.4 Å². The van der Waals surface area contributed by atoms with E-state index >= 15 is 0 Å². The van der Waals surface area contributed by atoms with Gasteiger partial charge >= 0.3 is 12.1 Å². The van der Waals surface area contributed by atoms with Crippen LogP contribution in [0, 0.1) is 0 Å². The third-order valence-corrected chi connectivity index (χ3v) is 7.07. The van der Waals surface area contributed by atoms with Crippen molar-refractivity contribution >= 4 is 33.0 Å². The minimum absolute atomic E-state index is 0.0986. The highest BCUT2D eigenvalue weighted by molar-refractivity contribution is 7.90. The molecule has 2 aromatic carbocycles. The predicted molar refractivity (Wildman–Crippen MR) is 136 cm³/mol. The lowest BCUT2D eigenvalue weighted by molar-refractivity contribution is 0.218. The van der Waals surface area contributed by atoms with Crippen LogP contribution in [0.5, 0.6) is 5.75 Å². The summed E-state index contributed by atoms with van der Waals surface area (Å²) in [6.07, 6.45) is 1.62. The summed E-state index contributed by atoms with van der Waals surface area (Å²) in [7, 11) is 2.50. The van der Waals surface area contributed by atoms with E-state index in [-0.39, 0.29) is 10.9 Å². The maximum Gasteiger partial charge on any atom is 0.361 e. The molecular weight excluding hydrogens is 484 g/mol. The zero-order valence-electron chi connectivity index (χ0n) is 20.9. The number of fused-ring (bicyclic) bond motifs is 3. The minimum atomic E-state index is -3.62. The number of ether oxygens (including phenoxy) is 1. The number of azo groups is 1. The molecule has 2 heterocycles. The topological polar surface area (TPSA) is 126 Å². The first-order valence-electron chi connectivity index (χ1n) is 11.2. The lowest BCUT2D eigenvalue weighted by Gasteiger charge is -2.14. The van der Waals surface area contributed by atoms with Gasteiger partial charge in [0.15, 0.2) is 0 Å². The molecule has 4 amide bonds. The summed E-state index contributed by atoms with van der Waals surface area (Å²) in [6, 6.07) is 13.0. The number of aromatic nitrogens is 1. The fraction of sp³-hybridized carbons (Fsp3) is 0.333. The van der Waals surface area contributed by atoms with Crippen molar-refractivity contribution in [2.75, 3.05) is 41.3 Å². The van der Waals surface area contributed by atoms with Gasteiger partial charge in [0, 0.05) is 57.9 Å². The largest absolute Gasteiger partial charge is 0.492 e. The number of carbonyl (C=O) groups excluding carboxylic acids is 2. The second-order valence-electron chi connectivity index (χ2n) is 8.42. The second kappa shape index (κ2) is 11.3. The number of benzene rings is 2. The van der Waals surface area contributed by atoms with Crippen molar-refractivity contribution in [2.45, 2.75) is 17.9 Å². The molecule has 0 saturated heterocycles. The van der Waals surface area contributed by atoms with Gasteiger partial charge in [-0.3, -0.25) is 0 Å². The highest BCUT2D eigenvalue weighted by atomic mass is 32.2. The number of hydrogen-bond acceptors (Lipinski definition) is 6. The van der Waals surface area contributed by atoms with Gasteiger partial charge in [-0.05, 0) is 37.3 Å². The Morgan fingerprint density at radius 3 is 2.17 bits per heavy atom. The van der Waals surface area contributed by atoms with Crippen molar-refractivity contribution in [3.05, 3.63) is 60.3 Å². The van der Waals surface area contributed by atoms with E-state index in [0.29, 0.717) is 12.1 Å². The standard InChI is InChI=1S/C18H18N2O3S.C6H12N4O2/c1-13-18-15-9-11-20(24(21,22)14-5-3-2-4-6-14)16(15)7-8-17(18)23-12-10-19-13;1-9(2)5(11)7-8-6(12)10(3)4/h2-9,11,13,19H,10,12H2,1H3;1-4H3. The van der Waals surface area contributed by atoms with Crippen molar-refractivity contribution in [3.8, 4) is 5.75 Å². The average Bonchev–Trinajstić information content (AvgIpc) is 3.21. The van der Waals surface area contributed by atoms with E-state index in [1.165, 1.54) is 42.0 Å². The number of rotatable bonds is 2. The lowest BCUT2D eigenvalue weighted by atomic mass is 10.0. The van der Waals surface area contributed by atoms with Crippen LogP contribution in [0.4, 0.5) is 9.59 Å². The molecule has 36 heavy (non-hydrogen) atoms. The number of nitrogens with one attached hydrogen (secondary N) is 1. The summed E-state index contributed by atoms with van der Waals surface area (Å²) >= 11 is 0. The van der Waals surface area contributed by atoms with Crippen LogP contribution in [0.15, 0.2) is 69.9 Å². The van der Waals surface area contributed by atoms with Crippen LogP contribution in [-0.4, -0.2) is 75.6 Å². The van der Waals surface area contributed by atoms with Crippen molar-refractivity contribution in [3.63, 3.8) is 0 Å². The summed E-state index contributed by atoms with van der Waals surface area (Å²) in [5, 5.41) is 10.6. The molecule has 1 N–H and O–H groups in total. The van der Waals surface area contributed by atoms with E-state index in [2.05, 4.69) is 22.5 Å². The summed E-state index contributed by atoms with van der Waals surface area (Å²) < 4.78 is 33.0. The van der Waals surface area contributed by atoms with Crippen LogP contribution >= 0.6 is 0 Å². The van der Waals surface area contributed by atoms with E-state index in [0.717, 1.165) is 23.2 Å². The molecule has 3 aromatic rings. The molecule has 1 aliphatic heterocycles. The molecule has 1 unspecified atom stereocenters. The molecule has 0 radical (unpaired) electrons. The van der Waals surface area contributed by atoms with Crippen molar-refractivity contribution in [1.82, 2.24) is 19.1 Å². The monoisotopic (exact) mass is 514 g/mol. The predicted octanol–water partition coefficient (Wildman–Crippen LogP) is 3.72. The van der Waals surface area contributed by atoms with Gasteiger partial charge in [0.05, 0.1) is 10.4 Å². The average molecular weight is 515 g/mol. The quantitative estimate of drug-likeness (QED) is 0.520. The lowest BCUT2D eigenvalue weighted by Crippen LogP contribution is -2.20. The highest BCUT2D eigenvalue weighted by Crippen LogP contribution is 2.36. The normalized spacial score (nSPS) is 15.3. The third-order valence-electron chi connectivity index (χ3n) is 5.37. The van der Waals surface area contributed by atoms with E-state index in [4.69, 9.17) is 4.74 Å². The third kappa shape index (κ3) is 5.89. The maximum absolute atomic E-state index is 12.9. The Morgan fingerprint density at radius 2 is 1.58 bits per heavy atom. The van der Waals surface area contributed by atoms with Gasteiger partial charge in [-0.2, -0.15) is 0 Å². The van der Waals surface area contributed by atoms with E-state index in [1.807, 2.05) is 18.2 Å². The first-order chi connectivity index (χ1) is 17.0. The molecule has 12 heteroatoms. The SMILES string of the molecule is CC1NCCOc2ccc3c(ccn3S(=O)(=O)c3ccccc3)c21.CN(C)C(=O)N=NC(=O)N(C)C. The fourth-order valence-corrected chi connectivity index (χ4v) is 4.85. The van der Waals surface area contributed by atoms with Crippen molar-refractivity contribution < 1.29 is 22.7 Å². The number of amides is 4. The minimum Gasteiger partial charge on any atom is -0.492 e. The smallest absolute Gasteiger partial charge is 0.361 e. The maximum atomic E-state index is 12.9. The highest BCUT2D eigenvalue weighted by Gasteiger charge is 2.24. The number of urea groups is 2. The van der Waals surface area contributed by atoms with Crippen molar-refractivity contribution in [2.24, 2.45) is 10.2 Å². The van der Waals surface area contributed by atoms with E-state index in [1.54, 1.807) is 36.5 Å². The molecule has 11 nitrogen and oxygen atoms in total. The van der Waals surface area contributed by atoms with Gasteiger partial charge in [-0.1, -0.05) is 28.4 Å². The van der Waals surface area contributed by atoms with Crippen molar-refractivity contribution in [1.29, 1.82) is 0 Å². The Bertz CT molecular complexity index is 1340. The molecule has 4 rings (SSSR count). The molecule has 0 bridgehead atoms. The summed E-state index contributed by atoms with van der Waals surface area (Å²) in [4.78, 5) is 24.3. The molecule has 0 fully saturated rings. The van der Waals surface area contributed by atoms with Crippen LogP contribution in [0.1, 0.15) is 18.5 Å². The zero-order chi connectivity index (χ0) is 26.5. The molecule has 1 atom stereocenters. The van der Waals surface area contributed by atoms with Crippen LogP contribution in [0.3, 0.4) is 0 Å². The van der Waals surface area contributed by atoms with Crippen LogP contribution in [-0.2, 0) is 10.0 Å². The molecule has 0 spiro atoms. The number of carbonyl (C=O) groups is 2. The Balaban J connectivity index is 0.000000257. The van der Waals surface area contributed by atoms with Crippen LogP contribution in [0.2, 0.25) is 0 Å². The van der Waals surface area contributed by atoms with Gasteiger partial charge in [0.25, 0.3) is 10.0 Å². The van der Waals surface area contributed by atoms with Crippen LogP contribution in [0.25, 0.3) is 10.9 Å². The molecule has 0 aliphatic carbocycles. The number of nitrogens with zero attached hydrogens (tertiary/aromatic N) is 5. The molecule has 1 aliphatic rings. The summed E-state index contributed by atoms with van der Waals surface area (Å²) in [5.41, 5.74) is 1.67. The number of hydrogen-bond donors (Lipinski definition) is 1. The van der Waals surface area contributed by atoms with E-state index in [9.17, 15) is 18.0 Å². The Kier molecular flexibility index (Phi) is 8.43. The molecule has 0 saturated carbocycles. The molecular formula is C24H30N6O5S. The van der Waals surface area contributed by atoms with Gasteiger partial charge in [0.2, 0.25) is 0 Å². The first-order valence-corrected chi connectivity index (χ1v) is 12.6. The van der Waals surface area contributed by atoms with E-state index < -0.39 is 22.1 Å². The Hall–Kier alpha value is -3.77. The first kappa shape index (κ1) is 26.8. The summed E-state index contributed by atoms with van der Waals surface area (Å²) in [6.45, 7) is 3.43. The molecule has 192 valence electrons. The van der Waals surface area contributed by atoms with Crippen LogP contribution < -0.4 is 10.1 Å². The Morgan fingerprint density at radius 1 is 0.972 bits per heavy atom. The second-order valence-corrected chi connectivity index (χ2v) is 10.2. The van der Waals surface area contributed by atoms with Gasteiger partial charge in [-0.25, -0.2) is 22.0 Å². The Labute approximate surface area is 210 Å². The van der Waals surface area contributed by atoms with Gasteiger partial charge < -0.3 is 19.9 Å². The zero-order valence-corrected chi connectivity index (χ0v) is 21.7. The molecule has 1 aromatic heterocycles. The van der Waals surface area contributed by atoms with Gasteiger partial charge in [-0.15, -0.1) is 0 Å². The fourth-order valence-electron chi connectivity index (χ4n) is 3.49. The summed E-state index contributed by atoms with van der Waals surface area (Å²) in [5.74, 6) is 0.815.